The Labute approximate surface area is 119 Å². The molecule has 0 heterocycles. The lowest BCUT2D eigenvalue weighted by Crippen LogP contribution is -2.46. The van der Waals surface area contributed by atoms with Gasteiger partial charge in [-0.05, 0) is 47.0 Å². The third kappa shape index (κ3) is 6.21. The Balaban J connectivity index is 2.43. The summed E-state index contributed by atoms with van der Waals surface area (Å²) >= 11 is 0. The van der Waals surface area contributed by atoms with Crippen LogP contribution in [0.4, 0.5) is 0 Å². The fraction of sp³-hybridized carbons (Fsp3) is 1.00. The zero-order valence-electron chi connectivity index (χ0n) is 13.3. The van der Waals surface area contributed by atoms with Gasteiger partial charge in [0.15, 0.2) is 0 Å². The summed E-state index contributed by atoms with van der Waals surface area (Å²) in [6, 6.07) is 0.655. The molecule has 2 unspecified atom stereocenters. The van der Waals surface area contributed by atoms with E-state index >= 15 is 0 Å². The summed E-state index contributed by atoms with van der Waals surface area (Å²) < 4.78 is 0. The lowest BCUT2D eigenvalue weighted by atomic mass is 9.83. The first-order chi connectivity index (χ1) is 9.04. The number of hydrogen-bond acceptors (Lipinski definition) is 4. The van der Waals surface area contributed by atoms with Crippen molar-refractivity contribution in [2.24, 2.45) is 5.92 Å². The maximum atomic E-state index is 9.12. The largest absolute Gasteiger partial charge is 0.395 e. The van der Waals surface area contributed by atoms with Crippen molar-refractivity contribution in [3.8, 4) is 0 Å². The average molecular weight is 271 g/mol. The van der Waals surface area contributed by atoms with Crippen LogP contribution < -0.4 is 0 Å². The van der Waals surface area contributed by atoms with Crippen LogP contribution in [-0.2, 0) is 0 Å². The molecule has 0 spiro atoms. The normalized spacial score (nSPS) is 24.6. The van der Waals surface area contributed by atoms with Crippen molar-refractivity contribution in [1.29, 1.82) is 0 Å². The van der Waals surface area contributed by atoms with Crippen LogP contribution in [-0.4, -0.2) is 86.8 Å². The molecule has 0 aromatic rings. The molecule has 1 saturated carbocycles. The van der Waals surface area contributed by atoms with Crippen molar-refractivity contribution in [2.75, 3.05) is 61.0 Å². The lowest BCUT2D eigenvalue weighted by molar-refractivity contribution is 0.0862. The molecule has 1 aliphatic carbocycles. The molecule has 2 atom stereocenters. The maximum Gasteiger partial charge on any atom is 0.0558 e. The van der Waals surface area contributed by atoms with Gasteiger partial charge in [-0.15, -0.1) is 0 Å². The standard InChI is InChI=1S/C15H33N3O/c1-16(2)9-10-17(3)13-14-7-5-6-8-15(14)18(4)11-12-19/h14-15,19H,5-13H2,1-4H3. The van der Waals surface area contributed by atoms with Gasteiger partial charge in [-0.2, -0.15) is 0 Å². The van der Waals surface area contributed by atoms with Crippen molar-refractivity contribution in [3.05, 3.63) is 0 Å². The molecule has 1 aliphatic rings. The smallest absolute Gasteiger partial charge is 0.0558 e. The third-order valence-corrected chi connectivity index (χ3v) is 4.36. The summed E-state index contributed by atoms with van der Waals surface area (Å²) in [6.45, 7) is 4.54. The van der Waals surface area contributed by atoms with E-state index in [-0.39, 0.29) is 6.61 Å². The minimum atomic E-state index is 0.274. The molecule has 114 valence electrons. The van der Waals surface area contributed by atoms with Gasteiger partial charge in [-0.25, -0.2) is 0 Å². The highest BCUT2D eigenvalue weighted by Gasteiger charge is 2.28. The highest BCUT2D eigenvalue weighted by Crippen LogP contribution is 2.28. The van der Waals surface area contributed by atoms with E-state index in [2.05, 4.69) is 42.9 Å². The van der Waals surface area contributed by atoms with Crippen LogP contribution in [0.5, 0.6) is 0 Å². The summed E-state index contributed by atoms with van der Waals surface area (Å²) in [5, 5.41) is 9.12. The molecule has 0 bridgehead atoms. The van der Waals surface area contributed by atoms with E-state index in [1.54, 1.807) is 0 Å². The minimum Gasteiger partial charge on any atom is -0.395 e. The van der Waals surface area contributed by atoms with Gasteiger partial charge < -0.3 is 19.8 Å². The van der Waals surface area contributed by atoms with Crippen LogP contribution in [0, 0.1) is 5.92 Å². The van der Waals surface area contributed by atoms with Gasteiger partial charge in [0.2, 0.25) is 0 Å². The first kappa shape index (κ1) is 16.9. The Bertz CT molecular complexity index is 235. The average Bonchev–Trinajstić information content (AvgIpc) is 2.37. The maximum absolute atomic E-state index is 9.12. The van der Waals surface area contributed by atoms with E-state index in [0.29, 0.717) is 6.04 Å². The van der Waals surface area contributed by atoms with E-state index in [1.807, 2.05) is 0 Å². The van der Waals surface area contributed by atoms with Crippen molar-refractivity contribution in [1.82, 2.24) is 14.7 Å². The molecular formula is C15H33N3O. The Morgan fingerprint density at radius 2 is 1.63 bits per heavy atom. The zero-order valence-corrected chi connectivity index (χ0v) is 13.3. The van der Waals surface area contributed by atoms with Crippen molar-refractivity contribution in [3.63, 3.8) is 0 Å². The Morgan fingerprint density at radius 3 is 2.26 bits per heavy atom. The minimum absolute atomic E-state index is 0.274. The number of hydrogen-bond donors (Lipinski definition) is 1. The van der Waals surface area contributed by atoms with Gasteiger partial charge >= 0.3 is 0 Å². The second kappa shape index (κ2) is 8.90. The molecule has 19 heavy (non-hydrogen) atoms. The van der Waals surface area contributed by atoms with Gasteiger partial charge in [0.1, 0.15) is 0 Å². The highest BCUT2D eigenvalue weighted by molar-refractivity contribution is 4.83. The van der Waals surface area contributed by atoms with Gasteiger partial charge in [-0.3, -0.25) is 0 Å². The molecule has 0 amide bonds. The fourth-order valence-electron chi connectivity index (χ4n) is 3.17. The van der Waals surface area contributed by atoms with E-state index in [9.17, 15) is 0 Å². The van der Waals surface area contributed by atoms with Crippen molar-refractivity contribution < 1.29 is 5.11 Å². The zero-order chi connectivity index (χ0) is 14.3. The second-order valence-electron chi connectivity index (χ2n) is 6.38. The summed E-state index contributed by atoms with van der Waals surface area (Å²) in [6.07, 6.45) is 5.35. The molecule has 1 N–H and O–H groups in total. The molecule has 0 radical (unpaired) electrons. The van der Waals surface area contributed by atoms with Crippen molar-refractivity contribution >= 4 is 0 Å². The van der Waals surface area contributed by atoms with Crippen LogP contribution in [0.3, 0.4) is 0 Å². The van der Waals surface area contributed by atoms with Crippen molar-refractivity contribution in [2.45, 2.75) is 31.7 Å². The van der Waals surface area contributed by atoms with E-state index in [1.165, 1.54) is 32.2 Å². The SMILES string of the molecule is CN(C)CCN(C)CC1CCCCC1N(C)CCO. The van der Waals surface area contributed by atoms with Gasteiger partial charge in [0, 0.05) is 32.2 Å². The number of aliphatic hydroxyl groups excluding tert-OH is 1. The quantitative estimate of drug-likeness (QED) is 0.712. The highest BCUT2D eigenvalue weighted by atomic mass is 16.3. The summed E-state index contributed by atoms with van der Waals surface area (Å²) in [5.74, 6) is 0.762. The van der Waals surface area contributed by atoms with E-state index in [4.69, 9.17) is 5.11 Å². The van der Waals surface area contributed by atoms with Crippen LogP contribution in [0.15, 0.2) is 0 Å². The van der Waals surface area contributed by atoms with Crippen LogP contribution >= 0.6 is 0 Å². The monoisotopic (exact) mass is 271 g/mol. The number of rotatable bonds is 8. The summed E-state index contributed by atoms with van der Waals surface area (Å²) in [4.78, 5) is 7.08. The van der Waals surface area contributed by atoms with Crippen LogP contribution in [0.25, 0.3) is 0 Å². The molecule has 4 nitrogen and oxygen atoms in total. The molecule has 1 rings (SSSR count). The second-order valence-corrected chi connectivity index (χ2v) is 6.38. The predicted molar refractivity (Wildman–Crippen MR) is 81.5 cm³/mol. The number of likely N-dealkylation sites (N-methyl/N-ethyl adjacent to an activating group) is 3. The number of aliphatic hydroxyl groups is 1. The summed E-state index contributed by atoms with van der Waals surface area (Å²) in [7, 11) is 8.67. The lowest BCUT2D eigenvalue weighted by Gasteiger charge is -2.39. The van der Waals surface area contributed by atoms with Gasteiger partial charge in [-0.1, -0.05) is 12.8 Å². The molecule has 0 aromatic heterocycles. The third-order valence-electron chi connectivity index (χ3n) is 4.36. The Kier molecular flexibility index (Phi) is 7.91. The topological polar surface area (TPSA) is 30.0 Å². The first-order valence-corrected chi connectivity index (χ1v) is 7.69. The molecule has 0 aromatic carbocycles. The van der Waals surface area contributed by atoms with Gasteiger partial charge in [0.05, 0.1) is 6.61 Å². The molecule has 0 aliphatic heterocycles. The molecule has 1 fully saturated rings. The Morgan fingerprint density at radius 1 is 0.947 bits per heavy atom. The van der Waals surface area contributed by atoms with Crippen LogP contribution in [0.1, 0.15) is 25.7 Å². The van der Waals surface area contributed by atoms with Gasteiger partial charge in [0.25, 0.3) is 0 Å². The van der Waals surface area contributed by atoms with E-state index < -0.39 is 0 Å². The Hall–Kier alpha value is -0.160. The number of nitrogens with zero attached hydrogens (tertiary/aromatic N) is 3. The predicted octanol–water partition coefficient (Wildman–Crippen LogP) is 0.963. The fourth-order valence-corrected chi connectivity index (χ4v) is 3.17. The first-order valence-electron chi connectivity index (χ1n) is 7.69. The van der Waals surface area contributed by atoms with E-state index in [0.717, 1.165) is 25.6 Å². The molecular weight excluding hydrogens is 238 g/mol. The van der Waals surface area contributed by atoms with Crippen LogP contribution in [0.2, 0.25) is 0 Å². The molecule has 0 saturated heterocycles. The summed E-state index contributed by atoms with van der Waals surface area (Å²) in [5.41, 5.74) is 0. The molecule has 4 heteroatoms.